The highest BCUT2D eigenvalue weighted by atomic mass is 32.1. The van der Waals surface area contributed by atoms with Gasteiger partial charge in [0.1, 0.15) is 12.4 Å². The van der Waals surface area contributed by atoms with Gasteiger partial charge in [0.05, 0.1) is 5.69 Å². The molecule has 0 aliphatic rings. The molecule has 0 aliphatic carbocycles. The number of nitrogens with zero attached hydrogens (tertiary/aromatic N) is 3. The Balaban J connectivity index is 1.63. The lowest BCUT2D eigenvalue weighted by Gasteiger charge is -2.05. The number of thiazole rings is 1. The minimum absolute atomic E-state index is 0.122. The van der Waals surface area contributed by atoms with E-state index in [0.29, 0.717) is 23.7 Å². The monoisotopic (exact) mass is 326 g/mol. The fourth-order valence-corrected chi connectivity index (χ4v) is 2.64. The summed E-state index contributed by atoms with van der Waals surface area (Å²) in [5.41, 5.74) is 1.41. The van der Waals surface area contributed by atoms with Crippen molar-refractivity contribution in [1.82, 2.24) is 20.3 Å². The third-order valence-corrected chi connectivity index (χ3v) is 3.93. The summed E-state index contributed by atoms with van der Waals surface area (Å²) in [7, 11) is 1.60. The highest BCUT2D eigenvalue weighted by molar-refractivity contribution is 7.13. The van der Waals surface area contributed by atoms with Crippen LogP contribution in [0.25, 0.3) is 10.8 Å². The molecule has 0 spiro atoms. The van der Waals surface area contributed by atoms with Gasteiger partial charge in [0.15, 0.2) is 10.8 Å². The summed E-state index contributed by atoms with van der Waals surface area (Å²) in [6, 6.07) is 8.73. The predicted octanol–water partition coefficient (Wildman–Crippen LogP) is 2.54. The van der Waals surface area contributed by atoms with E-state index in [4.69, 9.17) is 4.74 Å². The van der Waals surface area contributed by atoms with Crippen LogP contribution in [-0.2, 0) is 6.61 Å². The third-order valence-electron chi connectivity index (χ3n) is 3.04. The van der Waals surface area contributed by atoms with Gasteiger partial charge in [-0.1, -0.05) is 0 Å². The summed E-state index contributed by atoms with van der Waals surface area (Å²) in [6.07, 6.45) is 3.38. The number of rotatable bonds is 5. The van der Waals surface area contributed by atoms with E-state index in [2.05, 4.69) is 20.3 Å². The van der Waals surface area contributed by atoms with E-state index in [0.717, 1.165) is 10.7 Å². The van der Waals surface area contributed by atoms with Crippen LogP contribution in [0.2, 0.25) is 0 Å². The van der Waals surface area contributed by atoms with Crippen LogP contribution in [0.3, 0.4) is 0 Å². The molecule has 0 fully saturated rings. The minimum Gasteiger partial charge on any atom is -0.487 e. The second kappa shape index (κ2) is 6.97. The Bertz CT molecular complexity index is 787. The summed E-state index contributed by atoms with van der Waals surface area (Å²) >= 11 is 1.48. The van der Waals surface area contributed by atoms with Crippen molar-refractivity contribution < 1.29 is 9.53 Å². The number of hydrogen-bond acceptors (Lipinski definition) is 6. The standard InChI is InChI=1S/C16H14N4O2S/c1-17-15(21)11-3-5-13(6-4-11)22-9-12-10-23-16(20-12)14-18-7-2-8-19-14/h2-8,10H,9H2,1H3,(H,17,21). The van der Waals surface area contributed by atoms with E-state index in [1.54, 1.807) is 49.8 Å². The molecular formula is C16H14N4O2S. The molecule has 0 atom stereocenters. The number of aromatic nitrogens is 3. The molecule has 2 aromatic heterocycles. The van der Waals surface area contributed by atoms with Crippen LogP contribution in [-0.4, -0.2) is 27.9 Å². The zero-order valence-corrected chi connectivity index (χ0v) is 13.2. The zero-order valence-electron chi connectivity index (χ0n) is 12.4. The van der Waals surface area contributed by atoms with Crippen LogP contribution < -0.4 is 10.1 Å². The van der Waals surface area contributed by atoms with E-state index in [-0.39, 0.29) is 5.91 Å². The Hall–Kier alpha value is -2.80. The topological polar surface area (TPSA) is 77.0 Å². The first-order valence-electron chi connectivity index (χ1n) is 6.93. The smallest absolute Gasteiger partial charge is 0.251 e. The number of benzene rings is 1. The Morgan fingerprint density at radius 1 is 1.22 bits per heavy atom. The van der Waals surface area contributed by atoms with Crippen LogP contribution >= 0.6 is 11.3 Å². The molecule has 3 aromatic rings. The lowest BCUT2D eigenvalue weighted by Crippen LogP contribution is -2.17. The lowest BCUT2D eigenvalue weighted by atomic mass is 10.2. The van der Waals surface area contributed by atoms with E-state index in [9.17, 15) is 4.79 Å². The van der Waals surface area contributed by atoms with Gasteiger partial charge in [-0.2, -0.15) is 0 Å². The molecule has 0 radical (unpaired) electrons. The van der Waals surface area contributed by atoms with Crippen LogP contribution in [0.1, 0.15) is 16.1 Å². The minimum atomic E-state index is -0.122. The van der Waals surface area contributed by atoms with Gasteiger partial charge in [-0.15, -0.1) is 11.3 Å². The predicted molar refractivity (Wildman–Crippen MR) is 87.3 cm³/mol. The van der Waals surface area contributed by atoms with Crippen LogP contribution in [0.15, 0.2) is 48.1 Å². The Morgan fingerprint density at radius 3 is 2.65 bits per heavy atom. The summed E-state index contributed by atoms with van der Waals surface area (Å²) in [5, 5.41) is 5.26. The fraction of sp³-hybridized carbons (Fsp3) is 0.125. The molecule has 23 heavy (non-hydrogen) atoms. The van der Waals surface area contributed by atoms with Gasteiger partial charge >= 0.3 is 0 Å². The van der Waals surface area contributed by atoms with Crippen molar-refractivity contribution in [2.45, 2.75) is 6.61 Å². The average molecular weight is 326 g/mol. The van der Waals surface area contributed by atoms with Gasteiger partial charge in [-0.05, 0) is 30.3 Å². The highest BCUT2D eigenvalue weighted by Gasteiger charge is 2.08. The van der Waals surface area contributed by atoms with Gasteiger partial charge in [-0.3, -0.25) is 4.79 Å². The van der Waals surface area contributed by atoms with Crippen LogP contribution in [0.4, 0.5) is 0 Å². The second-order valence-corrected chi connectivity index (χ2v) is 5.47. The molecule has 0 unspecified atom stereocenters. The summed E-state index contributed by atoms with van der Waals surface area (Å²) in [4.78, 5) is 24.3. The van der Waals surface area contributed by atoms with Crippen molar-refractivity contribution >= 4 is 17.2 Å². The molecule has 1 N–H and O–H groups in total. The lowest BCUT2D eigenvalue weighted by molar-refractivity contribution is 0.0963. The number of amides is 1. The number of ether oxygens (including phenoxy) is 1. The first-order chi connectivity index (χ1) is 11.3. The second-order valence-electron chi connectivity index (χ2n) is 4.61. The largest absolute Gasteiger partial charge is 0.487 e. The molecule has 2 heterocycles. The van der Waals surface area contributed by atoms with E-state index < -0.39 is 0 Å². The van der Waals surface area contributed by atoms with E-state index >= 15 is 0 Å². The molecule has 0 saturated carbocycles. The maximum absolute atomic E-state index is 11.5. The molecule has 0 bridgehead atoms. The average Bonchev–Trinajstić information content (AvgIpc) is 3.09. The molecule has 3 rings (SSSR count). The third kappa shape index (κ3) is 3.70. The van der Waals surface area contributed by atoms with Crippen molar-refractivity contribution in [3.8, 4) is 16.6 Å². The van der Waals surface area contributed by atoms with Crippen molar-refractivity contribution in [2.24, 2.45) is 0 Å². The molecule has 0 saturated heterocycles. The quantitative estimate of drug-likeness (QED) is 0.779. The Kier molecular flexibility index (Phi) is 4.58. The maximum atomic E-state index is 11.5. The Labute approximate surface area is 137 Å². The Morgan fingerprint density at radius 2 is 1.96 bits per heavy atom. The van der Waals surface area contributed by atoms with Gasteiger partial charge < -0.3 is 10.1 Å². The van der Waals surface area contributed by atoms with Gasteiger partial charge in [0.2, 0.25) is 0 Å². The molecule has 0 aliphatic heterocycles. The fourth-order valence-electron chi connectivity index (χ4n) is 1.89. The van der Waals surface area contributed by atoms with Gasteiger partial charge in [0, 0.05) is 30.4 Å². The van der Waals surface area contributed by atoms with Crippen molar-refractivity contribution in [3.63, 3.8) is 0 Å². The van der Waals surface area contributed by atoms with Crippen molar-refractivity contribution in [1.29, 1.82) is 0 Å². The number of nitrogens with one attached hydrogen (secondary N) is 1. The van der Waals surface area contributed by atoms with Crippen molar-refractivity contribution in [3.05, 3.63) is 59.4 Å². The number of carbonyl (C=O) groups is 1. The van der Waals surface area contributed by atoms with E-state index in [1.165, 1.54) is 11.3 Å². The van der Waals surface area contributed by atoms with E-state index in [1.807, 2.05) is 5.38 Å². The number of hydrogen-bond donors (Lipinski definition) is 1. The molecule has 1 aromatic carbocycles. The molecule has 1 amide bonds. The summed E-state index contributed by atoms with van der Waals surface area (Å²) in [5.74, 6) is 1.17. The molecule has 7 heteroatoms. The van der Waals surface area contributed by atoms with Gasteiger partial charge in [0.25, 0.3) is 5.91 Å². The molecule has 116 valence electrons. The summed E-state index contributed by atoms with van der Waals surface area (Å²) in [6.45, 7) is 0.350. The zero-order chi connectivity index (χ0) is 16.1. The van der Waals surface area contributed by atoms with Crippen molar-refractivity contribution in [2.75, 3.05) is 7.05 Å². The first kappa shape index (κ1) is 15.1. The molecule has 6 nitrogen and oxygen atoms in total. The molecular weight excluding hydrogens is 312 g/mol. The highest BCUT2D eigenvalue weighted by Crippen LogP contribution is 2.21. The van der Waals surface area contributed by atoms with Crippen LogP contribution in [0.5, 0.6) is 5.75 Å². The first-order valence-corrected chi connectivity index (χ1v) is 7.81. The van der Waals surface area contributed by atoms with Crippen LogP contribution in [0, 0.1) is 0 Å². The normalized spacial score (nSPS) is 10.3. The maximum Gasteiger partial charge on any atom is 0.251 e. The summed E-state index contributed by atoms with van der Waals surface area (Å²) < 4.78 is 5.68. The number of carbonyl (C=O) groups excluding carboxylic acids is 1. The SMILES string of the molecule is CNC(=O)c1ccc(OCc2csc(-c3ncccn3)n2)cc1. The van der Waals surface area contributed by atoms with Gasteiger partial charge in [-0.25, -0.2) is 15.0 Å².